The van der Waals surface area contributed by atoms with E-state index in [4.69, 9.17) is 14.2 Å². The van der Waals surface area contributed by atoms with Crippen LogP contribution in [0.4, 0.5) is 0 Å². The molecular weight excluding hydrogens is 446 g/mol. The molecule has 0 radical (unpaired) electrons. The van der Waals surface area contributed by atoms with Gasteiger partial charge >= 0.3 is 5.97 Å². The van der Waals surface area contributed by atoms with Crippen LogP contribution in [0.5, 0.6) is 5.75 Å². The maximum Gasteiger partial charge on any atom is 0.310 e. The third kappa shape index (κ3) is 4.46. The van der Waals surface area contributed by atoms with Gasteiger partial charge in [-0.25, -0.2) is 12.9 Å². The van der Waals surface area contributed by atoms with Crippen LogP contribution in [-0.2, 0) is 30.7 Å². The molecule has 1 saturated heterocycles. The summed E-state index contributed by atoms with van der Waals surface area (Å²) in [7, 11) is 0.719. The van der Waals surface area contributed by atoms with Crippen molar-refractivity contribution in [2.45, 2.75) is 30.3 Å². The van der Waals surface area contributed by atoms with Gasteiger partial charge in [-0.05, 0) is 42.7 Å². The van der Waals surface area contributed by atoms with E-state index in [9.17, 15) is 13.2 Å². The summed E-state index contributed by atoms with van der Waals surface area (Å²) < 4.78 is 46.2. The number of carbonyl (C=O) groups is 1. The van der Waals surface area contributed by atoms with Crippen LogP contribution in [0.25, 0.3) is 16.6 Å². The number of carbonyl (C=O) groups excluding carboxylic acids is 1. The van der Waals surface area contributed by atoms with Crippen molar-refractivity contribution in [3.63, 3.8) is 0 Å². The van der Waals surface area contributed by atoms with Crippen LogP contribution in [-0.4, -0.2) is 68.8 Å². The average Bonchev–Trinajstić information content (AvgIpc) is 3.25. The Kier molecular flexibility index (Phi) is 6.68. The summed E-state index contributed by atoms with van der Waals surface area (Å²) >= 11 is 0. The van der Waals surface area contributed by atoms with E-state index < -0.39 is 10.0 Å². The topological polar surface area (TPSA) is 99.4 Å². The SMILES string of the molecule is COC(=O)Cc1cnn2ccc(-c3c(OC)cccc3S(=O)(=O)N3CCC(OC)CC3)cc12. The number of esters is 1. The Bertz CT molecular complexity index is 1260. The molecule has 1 aliphatic heterocycles. The van der Waals surface area contributed by atoms with Crippen molar-refractivity contribution in [2.24, 2.45) is 0 Å². The minimum absolute atomic E-state index is 0.0645. The smallest absolute Gasteiger partial charge is 0.310 e. The van der Waals surface area contributed by atoms with E-state index in [0.717, 1.165) is 0 Å². The van der Waals surface area contributed by atoms with Crippen LogP contribution >= 0.6 is 0 Å². The van der Waals surface area contributed by atoms with Gasteiger partial charge < -0.3 is 14.2 Å². The second-order valence-electron chi connectivity index (χ2n) is 7.84. The van der Waals surface area contributed by atoms with Gasteiger partial charge in [0.05, 0.1) is 43.4 Å². The number of aromatic nitrogens is 2. The fraction of sp³-hybridized carbons (Fsp3) is 0.391. The molecule has 0 unspecified atom stereocenters. The molecule has 33 heavy (non-hydrogen) atoms. The fourth-order valence-corrected chi connectivity index (χ4v) is 5.88. The van der Waals surface area contributed by atoms with Crippen molar-refractivity contribution < 1.29 is 27.4 Å². The predicted molar refractivity (Wildman–Crippen MR) is 122 cm³/mol. The van der Waals surface area contributed by atoms with Gasteiger partial charge in [0.1, 0.15) is 5.75 Å². The lowest BCUT2D eigenvalue weighted by atomic mass is 10.0. The zero-order valence-electron chi connectivity index (χ0n) is 18.9. The summed E-state index contributed by atoms with van der Waals surface area (Å²) in [6.07, 6.45) is 4.77. The Labute approximate surface area is 192 Å². The highest BCUT2D eigenvalue weighted by atomic mass is 32.2. The Balaban J connectivity index is 1.81. The number of nitrogens with zero attached hydrogens (tertiary/aromatic N) is 3. The molecule has 1 aliphatic rings. The summed E-state index contributed by atoms with van der Waals surface area (Å²) in [5.74, 6) is 0.0663. The molecule has 9 nitrogen and oxygen atoms in total. The van der Waals surface area contributed by atoms with E-state index in [1.807, 2.05) is 6.07 Å². The largest absolute Gasteiger partial charge is 0.496 e. The third-order valence-corrected chi connectivity index (χ3v) is 7.95. The molecule has 0 N–H and O–H groups in total. The molecule has 0 atom stereocenters. The third-order valence-electron chi connectivity index (χ3n) is 6.01. The second-order valence-corrected chi connectivity index (χ2v) is 9.75. The average molecular weight is 474 g/mol. The van der Waals surface area contributed by atoms with E-state index in [1.54, 1.807) is 48.3 Å². The number of pyridine rings is 1. The van der Waals surface area contributed by atoms with Gasteiger partial charge in [0.2, 0.25) is 10.0 Å². The minimum atomic E-state index is -3.78. The van der Waals surface area contributed by atoms with Crippen molar-refractivity contribution in [1.29, 1.82) is 0 Å². The van der Waals surface area contributed by atoms with E-state index in [0.29, 0.717) is 53.9 Å². The Hall–Kier alpha value is -2.95. The highest BCUT2D eigenvalue weighted by Crippen LogP contribution is 2.38. The molecule has 0 spiro atoms. The van der Waals surface area contributed by atoms with Gasteiger partial charge in [0.15, 0.2) is 0 Å². The lowest BCUT2D eigenvalue weighted by Crippen LogP contribution is -2.40. The predicted octanol–water partition coefficient (Wildman–Crippen LogP) is 2.52. The number of ether oxygens (including phenoxy) is 3. The standard InChI is InChI=1S/C23H27N3O6S/c1-30-18-8-10-25(11-9-18)33(28,29)21-6-4-5-20(31-2)23(21)16-7-12-26-19(13-16)17(15-24-26)14-22(27)32-3/h4-7,12-13,15,18H,8-11,14H2,1-3H3. The highest BCUT2D eigenvalue weighted by molar-refractivity contribution is 7.89. The molecule has 0 saturated carbocycles. The molecule has 10 heteroatoms. The molecule has 4 rings (SSSR count). The van der Waals surface area contributed by atoms with Crippen molar-refractivity contribution in [1.82, 2.24) is 13.9 Å². The summed E-state index contributed by atoms with van der Waals surface area (Å²) in [5, 5.41) is 4.28. The van der Waals surface area contributed by atoms with Gasteiger partial charge in [-0.3, -0.25) is 4.79 Å². The van der Waals surface area contributed by atoms with E-state index in [1.165, 1.54) is 18.5 Å². The minimum Gasteiger partial charge on any atom is -0.496 e. The van der Waals surface area contributed by atoms with Crippen molar-refractivity contribution in [2.75, 3.05) is 34.4 Å². The number of fused-ring (bicyclic) bond motifs is 1. The monoisotopic (exact) mass is 473 g/mol. The first-order chi connectivity index (χ1) is 15.9. The molecule has 0 aliphatic carbocycles. The summed E-state index contributed by atoms with van der Waals surface area (Å²) in [6, 6.07) is 8.62. The molecule has 2 aromatic heterocycles. The van der Waals surface area contributed by atoms with E-state index in [-0.39, 0.29) is 23.4 Å². The van der Waals surface area contributed by atoms with Crippen molar-refractivity contribution in [3.8, 4) is 16.9 Å². The molecule has 3 heterocycles. The Morgan fingerprint density at radius 3 is 2.58 bits per heavy atom. The van der Waals surface area contributed by atoms with Crippen LogP contribution in [0.1, 0.15) is 18.4 Å². The summed E-state index contributed by atoms with van der Waals surface area (Å²) in [6.45, 7) is 0.783. The highest BCUT2D eigenvalue weighted by Gasteiger charge is 2.32. The lowest BCUT2D eigenvalue weighted by molar-refractivity contribution is -0.139. The zero-order valence-corrected chi connectivity index (χ0v) is 19.7. The fourth-order valence-electron chi connectivity index (χ4n) is 4.18. The van der Waals surface area contributed by atoms with Crippen LogP contribution in [0.2, 0.25) is 0 Å². The van der Waals surface area contributed by atoms with Gasteiger partial charge in [-0.2, -0.15) is 9.40 Å². The summed E-state index contributed by atoms with van der Waals surface area (Å²) in [5.41, 5.74) is 2.50. The zero-order chi connectivity index (χ0) is 23.6. The number of sulfonamides is 1. The Morgan fingerprint density at radius 2 is 1.91 bits per heavy atom. The number of piperidine rings is 1. The van der Waals surface area contributed by atoms with Crippen LogP contribution in [0.15, 0.2) is 47.6 Å². The van der Waals surface area contributed by atoms with Crippen molar-refractivity contribution >= 4 is 21.5 Å². The van der Waals surface area contributed by atoms with Gasteiger partial charge in [-0.15, -0.1) is 0 Å². The molecule has 1 aromatic carbocycles. The Morgan fingerprint density at radius 1 is 1.15 bits per heavy atom. The molecule has 0 amide bonds. The van der Waals surface area contributed by atoms with Gasteiger partial charge in [0.25, 0.3) is 0 Å². The quantitative estimate of drug-likeness (QED) is 0.486. The van der Waals surface area contributed by atoms with Crippen molar-refractivity contribution in [3.05, 3.63) is 48.3 Å². The van der Waals surface area contributed by atoms with E-state index >= 15 is 0 Å². The van der Waals surface area contributed by atoms with Crippen LogP contribution < -0.4 is 4.74 Å². The van der Waals surface area contributed by atoms with Crippen LogP contribution in [0, 0.1) is 0 Å². The first kappa shape index (κ1) is 23.2. The number of methoxy groups -OCH3 is 3. The number of hydrogen-bond donors (Lipinski definition) is 0. The first-order valence-corrected chi connectivity index (χ1v) is 12.1. The summed E-state index contributed by atoms with van der Waals surface area (Å²) in [4.78, 5) is 12.0. The first-order valence-electron chi connectivity index (χ1n) is 10.6. The number of benzene rings is 1. The number of hydrogen-bond acceptors (Lipinski definition) is 7. The maximum absolute atomic E-state index is 13.7. The normalized spacial score (nSPS) is 15.6. The molecule has 176 valence electrons. The maximum atomic E-state index is 13.7. The molecular formula is C23H27N3O6S. The van der Waals surface area contributed by atoms with Gasteiger partial charge in [-0.1, -0.05) is 6.07 Å². The van der Waals surface area contributed by atoms with E-state index in [2.05, 4.69) is 5.10 Å². The molecule has 1 fully saturated rings. The molecule has 3 aromatic rings. The second kappa shape index (κ2) is 9.50. The lowest BCUT2D eigenvalue weighted by Gasteiger charge is -2.31. The van der Waals surface area contributed by atoms with Gasteiger partial charge in [0, 0.05) is 37.5 Å². The van der Waals surface area contributed by atoms with Crippen LogP contribution in [0.3, 0.4) is 0 Å². The molecule has 0 bridgehead atoms. The number of rotatable bonds is 7.